The van der Waals surface area contributed by atoms with Crippen LogP contribution in [0.25, 0.3) is 11.3 Å². The molecule has 3 nitrogen and oxygen atoms in total. The van der Waals surface area contributed by atoms with Crippen molar-refractivity contribution in [2.45, 2.75) is 17.0 Å². The third kappa shape index (κ3) is 1.50. The molecule has 0 amide bonds. The summed E-state index contributed by atoms with van der Waals surface area (Å²) in [4.78, 5) is 1.35. The van der Waals surface area contributed by atoms with E-state index in [1.54, 1.807) is 0 Å². The summed E-state index contributed by atoms with van der Waals surface area (Å²) in [6.45, 7) is 0. The third-order valence-electron chi connectivity index (χ3n) is 4.60. The van der Waals surface area contributed by atoms with Crippen molar-refractivity contribution in [3.05, 3.63) is 66.4 Å². The number of hydrogen-bond donors (Lipinski definition) is 1. The van der Waals surface area contributed by atoms with Crippen molar-refractivity contribution in [2.24, 2.45) is 0 Å². The van der Waals surface area contributed by atoms with Crippen LogP contribution >= 0.6 is 11.8 Å². The number of thioether (sulfide) groups is 1. The number of fused-ring (bicyclic) bond motifs is 6. The first-order chi connectivity index (χ1) is 10.9. The van der Waals surface area contributed by atoms with Crippen LogP contribution in [0.15, 0.2) is 65.7 Å². The zero-order chi connectivity index (χ0) is 14.6. The lowest BCUT2D eigenvalue weighted by atomic mass is 9.91. The molecule has 0 aliphatic carbocycles. The van der Waals surface area contributed by atoms with Gasteiger partial charge in [-0.05, 0) is 18.2 Å². The molecule has 0 radical (unpaired) electrons. The number of anilines is 1. The predicted molar refractivity (Wildman–Crippen MR) is 90.1 cm³/mol. The van der Waals surface area contributed by atoms with Gasteiger partial charge in [0.1, 0.15) is 0 Å². The molecule has 1 aromatic heterocycles. The first-order valence-electron chi connectivity index (χ1n) is 7.53. The molecule has 1 atom stereocenters. The van der Waals surface area contributed by atoms with Gasteiger partial charge in [-0.15, -0.1) is 11.8 Å². The van der Waals surface area contributed by atoms with E-state index < -0.39 is 0 Å². The summed E-state index contributed by atoms with van der Waals surface area (Å²) in [6.07, 6.45) is 2.93. The molecule has 0 fully saturated rings. The Balaban J connectivity index is 1.82. The lowest BCUT2D eigenvalue weighted by Gasteiger charge is -2.44. The van der Waals surface area contributed by atoms with Crippen LogP contribution in [-0.2, 0) is 5.66 Å². The normalized spacial score (nSPS) is 21.6. The van der Waals surface area contributed by atoms with Crippen molar-refractivity contribution < 1.29 is 0 Å². The molecule has 1 unspecified atom stereocenters. The second kappa shape index (κ2) is 4.40. The van der Waals surface area contributed by atoms with E-state index in [0.717, 1.165) is 12.2 Å². The molecule has 0 saturated carbocycles. The smallest absolute Gasteiger partial charge is 0.160 e. The second-order valence-corrected chi connectivity index (χ2v) is 6.89. The van der Waals surface area contributed by atoms with E-state index in [9.17, 15) is 0 Å². The van der Waals surface area contributed by atoms with E-state index in [2.05, 4.69) is 69.7 Å². The zero-order valence-corrected chi connectivity index (χ0v) is 12.8. The fraction of sp³-hybridized carbons (Fsp3) is 0.167. The minimum Gasteiger partial charge on any atom is -0.357 e. The van der Waals surface area contributed by atoms with Crippen LogP contribution in [0.5, 0.6) is 0 Å². The Hall–Kier alpha value is -2.20. The molecule has 2 aromatic carbocycles. The maximum Gasteiger partial charge on any atom is 0.160 e. The number of hydrogen-bond acceptors (Lipinski definition) is 3. The molecular weight excluding hydrogens is 290 g/mol. The molecule has 22 heavy (non-hydrogen) atoms. The van der Waals surface area contributed by atoms with Crippen LogP contribution in [0.2, 0.25) is 0 Å². The van der Waals surface area contributed by atoms with E-state index in [0.29, 0.717) is 0 Å². The van der Waals surface area contributed by atoms with Crippen LogP contribution in [0.4, 0.5) is 5.69 Å². The molecule has 2 aliphatic heterocycles. The first-order valence-corrected chi connectivity index (χ1v) is 8.51. The number of para-hydroxylation sites is 1. The van der Waals surface area contributed by atoms with Crippen LogP contribution in [0.3, 0.4) is 0 Å². The van der Waals surface area contributed by atoms with E-state index in [4.69, 9.17) is 0 Å². The van der Waals surface area contributed by atoms with Gasteiger partial charge in [-0.2, -0.15) is 5.10 Å². The maximum absolute atomic E-state index is 4.68. The van der Waals surface area contributed by atoms with Crippen LogP contribution in [-0.4, -0.2) is 15.5 Å². The van der Waals surface area contributed by atoms with E-state index in [1.165, 1.54) is 27.4 Å². The lowest BCUT2D eigenvalue weighted by Crippen LogP contribution is -2.48. The van der Waals surface area contributed by atoms with Gasteiger partial charge in [-0.25, -0.2) is 4.68 Å². The van der Waals surface area contributed by atoms with Crippen LogP contribution < -0.4 is 5.32 Å². The highest BCUT2D eigenvalue weighted by molar-refractivity contribution is 7.99. The number of nitrogens with zero attached hydrogens (tertiary/aromatic N) is 2. The van der Waals surface area contributed by atoms with E-state index in [-0.39, 0.29) is 5.66 Å². The summed E-state index contributed by atoms with van der Waals surface area (Å²) in [5.41, 5.74) is 4.66. The van der Waals surface area contributed by atoms with Gasteiger partial charge in [0, 0.05) is 40.1 Å². The summed E-state index contributed by atoms with van der Waals surface area (Å²) in [6, 6.07) is 19.3. The molecule has 1 N–H and O–H groups in total. The average molecular weight is 305 g/mol. The number of rotatable bonds is 0. The highest BCUT2D eigenvalue weighted by atomic mass is 32.2. The molecule has 2 aliphatic rings. The molecule has 0 bridgehead atoms. The molecule has 3 aromatic rings. The van der Waals surface area contributed by atoms with Crippen molar-refractivity contribution in [3.8, 4) is 11.3 Å². The first kappa shape index (κ1) is 12.4. The SMILES string of the molecule is c1ccc2c(c1)NC1(CCSc3ccccc31)n1nccc1-2. The van der Waals surface area contributed by atoms with Gasteiger partial charge < -0.3 is 5.32 Å². The molecule has 5 rings (SSSR count). The fourth-order valence-electron chi connectivity index (χ4n) is 3.63. The van der Waals surface area contributed by atoms with E-state index >= 15 is 0 Å². The minimum atomic E-state index is -0.269. The maximum atomic E-state index is 4.68. The molecule has 0 saturated heterocycles. The Morgan fingerprint density at radius 3 is 2.91 bits per heavy atom. The summed E-state index contributed by atoms with van der Waals surface area (Å²) < 4.78 is 2.17. The molecule has 4 heteroatoms. The minimum absolute atomic E-state index is 0.269. The van der Waals surface area contributed by atoms with Crippen molar-refractivity contribution in [1.82, 2.24) is 9.78 Å². The molecule has 108 valence electrons. The highest BCUT2D eigenvalue weighted by Crippen LogP contribution is 2.48. The Morgan fingerprint density at radius 1 is 1.05 bits per heavy atom. The molecular formula is C18H15N3S. The number of aromatic nitrogens is 2. The Labute approximate surface area is 133 Å². The Bertz CT molecular complexity index is 870. The summed E-state index contributed by atoms with van der Waals surface area (Å²) >= 11 is 1.93. The predicted octanol–water partition coefficient (Wildman–Crippen LogP) is 4.17. The third-order valence-corrected chi connectivity index (χ3v) is 5.68. The number of benzene rings is 2. The van der Waals surface area contributed by atoms with Crippen molar-refractivity contribution >= 4 is 17.4 Å². The summed E-state index contributed by atoms with van der Waals surface area (Å²) in [5, 5.41) is 8.47. The van der Waals surface area contributed by atoms with Gasteiger partial charge in [0.2, 0.25) is 0 Å². The standard InChI is InChI=1S/C18H15N3S/c1-3-7-15-13(5-1)16-9-11-19-21(16)18(20-15)10-12-22-17-8-4-2-6-14(17)18/h1-9,11,20H,10,12H2. The summed E-state index contributed by atoms with van der Waals surface area (Å²) in [7, 11) is 0. The van der Waals surface area contributed by atoms with Gasteiger partial charge >= 0.3 is 0 Å². The van der Waals surface area contributed by atoms with Crippen molar-refractivity contribution in [3.63, 3.8) is 0 Å². The quantitative estimate of drug-likeness (QED) is 0.676. The summed E-state index contributed by atoms with van der Waals surface area (Å²) in [5.74, 6) is 1.09. The van der Waals surface area contributed by atoms with Crippen molar-refractivity contribution in [1.29, 1.82) is 0 Å². The van der Waals surface area contributed by atoms with Gasteiger partial charge in [0.05, 0.1) is 5.69 Å². The van der Waals surface area contributed by atoms with Crippen LogP contribution in [0, 0.1) is 0 Å². The highest BCUT2D eigenvalue weighted by Gasteiger charge is 2.43. The fourth-order valence-corrected chi connectivity index (χ4v) is 4.81. The van der Waals surface area contributed by atoms with Gasteiger partial charge in [-0.1, -0.05) is 36.4 Å². The van der Waals surface area contributed by atoms with Crippen molar-refractivity contribution in [2.75, 3.05) is 11.1 Å². The van der Waals surface area contributed by atoms with Crippen LogP contribution in [0.1, 0.15) is 12.0 Å². The zero-order valence-electron chi connectivity index (χ0n) is 12.0. The lowest BCUT2D eigenvalue weighted by molar-refractivity contribution is 0.347. The van der Waals surface area contributed by atoms with E-state index in [1.807, 2.05) is 18.0 Å². The van der Waals surface area contributed by atoms with Gasteiger partial charge in [0.15, 0.2) is 5.66 Å². The number of nitrogens with one attached hydrogen (secondary N) is 1. The average Bonchev–Trinajstić information content (AvgIpc) is 3.06. The Kier molecular flexibility index (Phi) is 2.47. The molecule has 1 spiro atoms. The monoisotopic (exact) mass is 305 g/mol. The van der Waals surface area contributed by atoms with Gasteiger partial charge in [0.25, 0.3) is 0 Å². The molecule has 3 heterocycles. The topological polar surface area (TPSA) is 29.9 Å². The largest absolute Gasteiger partial charge is 0.357 e. The Morgan fingerprint density at radius 2 is 1.91 bits per heavy atom. The second-order valence-electron chi connectivity index (χ2n) is 5.75. The van der Waals surface area contributed by atoms with Gasteiger partial charge in [-0.3, -0.25) is 0 Å².